The molecule has 1 heterocycles. The fourth-order valence-corrected chi connectivity index (χ4v) is 4.54. The Kier molecular flexibility index (Phi) is 4.68. The number of hydrogen-bond donors (Lipinski definition) is 2. The van der Waals surface area contributed by atoms with Gasteiger partial charge < -0.3 is 10.4 Å². The molecule has 4 rings (SSSR count). The number of carbonyl (C=O) groups is 1. The van der Waals surface area contributed by atoms with E-state index >= 15 is 0 Å². The van der Waals surface area contributed by atoms with Gasteiger partial charge in [0, 0.05) is 30.6 Å². The Balaban J connectivity index is 1.81. The number of nitrogens with one attached hydrogen (secondary N) is 1. The molecule has 0 saturated heterocycles. The number of nitrogens with zero attached hydrogens (tertiary/aromatic N) is 3. The number of aliphatic hydroxyl groups is 1. The van der Waals surface area contributed by atoms with Gasteiger partial charge in [-0.05, 0) is 36.8 Å². The summed E-state index contributed by atoms with van der Waals surface area (Å²) in [6, 6.07) is 8.20. The highest BCUT2D eigenvalue weighted by Crippen LogP contribution is 2.52. The van der Waals surface area contributed by atoms with Crippen LogP contribution in [0.4, 0.5) is 0 Å². The van der Waals surface area contributed by atoms with E-state index in [1.807, 2.05) is 20.0 Å². The van der Waals surface area contributed by atoms with Gasteiger partial charge in [0.2, 0.25) is 0 Å². The second kappa shape index (κ2) is 7.16. The molecule has 1 atom stereocenters. The molecular formula is C22H24N4O2. The maximum atomic E-state index is 12.4. The molecule has 2 aliphatic rings. The van der Waals surface area contributed by atoms with Crippen LogP contribution >= 0.6 is 0 Å². The molecule has 1 amide bonds. The van der Waals surface area contributed by atoms with Gasteiger partial charge >= 0.3 is 0 Å². The first kappa shape index (κ1) is 18.3. The summed E-state index contributed by atoms with van der Waals surface area (Å²) in [5.41, 5.74) is 5.81. The van der Waals surface area contributed by atoms with Crippen molar-refractivity contribution in [1.29, 1.82) is 5.26 Å². The Labute approximate surface area is 164 Å². The number of aliphatic hydroxyl groups excluding tert-OH is 1. The van der Waals surface area contributed by atoms with Crippen molar-refractivity contribution < 1.29 is 9.90 Å². The van der Waals surface area contributed by atoms with Crippen LogP contribution < -0.4 is 5.32 Å². The van der Waals surface area contributed by atoms with Crippen molar-refractivity contribution in [2.75, 3.05) is 6.54 Å². The fourth-order valence-electron chi connectivity index (χ4n) is 4.54. The second-order valence-electron chi connectivity index (χ2n) is 7.50. The summed E-state index contributed by atoms with van der Waals surface area (Å²) < 4.78 is 1.76. The van der Waals surface area contributed by atoms with E-state index in [9.17, 15) is 15.2 Å². The molecule has 2 N–H and O–H groups in total. The Morgan fingerprint density at radius 2 is 2.25 bits per heavy atom. The van der Waals surface area contributed by atoms with Gasteiger partial charge in [-0.1, -0.05) is 31.5 Å². The third-order valence-electron chi connectivity index (χ3n) is 5.79. The van der Waals surface area contributed by atoms with Crippen LogP contribution in [0, 0.1) is 11.3 Å². The van der Waals surface area contributed by atoms with E-state index in [0.29, 0.717) is 12.2 Å². The van der Waals surface area contributed by atoms with Gasteiger partial charge in [0.1, 0.15) is 11.8 Å². The summed E-state index contributed by atoms with van der Waals surface area (Å²) in [5.74, 6) is -0.718. The van der Waals surface area contributed by atoms with Gasteiger partial charge in [-0.25, -0.2) is 0 Å². The maximum Gasteiger partial charge on any atom is 0.265 e. The van der Waals surface area contributed by atoms with Crippen LogP contribution in [0.15, 0.2) is 23.8 Å². The van der Waals surface area contributed by atoms with Gasteiger partial charge in [0.15, 0.2) is 11.3 Å². The highest BCUT2D eigenvalue weighted by atomic mass is 16.3. The molecule has 0 bridgehead atoms. The van der Waals surface area contributed by atoms with Crippen molar-refractivity contribution in [2.45, 2.75) is 44.9 Å². The predicted molar refractivity (Wildman–Crippen MR) is 107 cm³/mol. The van der Waals surface area contributed by atoms with Gasteiger partial charge in [-0.3, -0.25) is 9.48 Å². The van der Waals surface area contributed by atoms with Crippen LogP contribution in [-0.4, -0.2) is 27.3 Å². The van der Waals surface area contributed by atoms with Crippen molar-refractivity contribution in [3.8, 4) is 17.3 Å². The van der Waals surface area contributed by atoms with E-state index in [-0.39, 0.29) is 17.3 Å². The summed E-state index contributed by atoms with van der Waals surface area (Å²) in [6.07, 6.45) is 4.87. The van der Waals surface area contributed by atoms with Crippen molar-refractivity contribution in [3.63, 3.8) is 0 Å². The third-order valence-corrected chi connectivity index (χ3v) is 5.79. The van der Waals surface area contributed by atoms with Crippen molar-refractivity contribution in [2.24, 2.45) is 7.05 Å². The standard InChI is InChI=1S/C22H24N4O2/c1-3-4-11-24-22(28)16(12-23)21(27)19-18-14-9-5-7-13-8-6-10-15(17(13)14)20(18)26(2)25-19/h6,8,10,14,27H,3-5,7,9,11H2,1-2H3,(H,24,28). The average molecular weight is 376 g/mol. The first-order valence-corrected chi connectivity index (χ1v) is 9.89. The van der Waals surface area contributed by atoms with Crippen LogP contribution in [0.5, 0.6) is 0 Å². The van der Waals surface area contributed by atoms with E-state index in [2.05, 4.69) is 28.6 Å². The molecule has 6 heteroatoms. The zero-order chi connectivity index (χ0) is 19.8. The lowest BCUT2D eigenvalue weighted by Crippen LogP contribution is -2.26. The predicted octanol–water partition coefficient (Wildman–Crippen LogP) is 3.58. The molecular weight excluding hydrogens is 352 g/mol. The topological polar surface area (TPSA) is 90.9 Å². The Bertz CT molecular complexity index is 1030. The summed E-state index contributed by atoms with van der Waals surface area (Å²) in [5, 5.41) is 27.6. The fraction of sp³-hybridized carbons (Fsp3) is 0.409. The summed E-state index contributed by atoms with van der Waals surface area (Å²) >= 11 is 0. The summed E-state index contributed by atoms with van der Waals surface area (Å²) in [4.78, 5) is 12.4. The molecule has 144 valence electrons. The third kappa shape index (κ3) is 2.70. The number of nitriles is 1. The van der Waals surface area contributed by atoms with Crippen LogP contribution in [0.25, 0.3) is 17.0 Å². The number of aryl methyl sites for hydroxylation is 2. The molecule has 0 fully saturated rings. The number of aromatic nitrogens is 2. The summed E-state index contributed by atoms with van der Waals surface area (Å²) in [6.45, 7) is 2.50. The van der Waals surface area contributed by atoms with Crippen LogP contribution in [-0.2, 0) is 18.3 Å². The normalized spacial score (nSPS) is 17.4. The number of unbranched alkanes of at least 4 members (excludes halogenated alkanes) is 1. The second-order valence-corrected chi connectivity index (χ2v) is 7.50. The molecule has 1 aromatic carbocycles. The van der Waals surface area contributed by atoms with Gasteiger partial charge in [-0.15, -0.1) is 0 Å². The van der Waals surface area contributed by atoms with Crippen LogP contribution in [0.3, 0.4) is 0 Å². The Morgan fingerprint density at radius 3 is 3.00 bits per heavy atom. The van der Waals surface area contributed by atoms with Crippen molar-refractivity contribution in [3.05, 3.63) is 46.2 Å². The molecule has 0 saturated carbocycles. The largest absolute Gasteiger partial charge is 0.504 e. The first-order valence-electron chi connectivity index (χ1n) is 9.89. The highest BCUT2D eigenvalue weighted by Gasteiger charge is 2.39. The molecule has 0 aliphatic heterocycles. The smallest absolute Gasteiger partial charge is 0.265 e. The van der Waals surface area contributed by atoms with Gasteiger partial charge in [-0.2, -0.15) is 10.4 Å². The van der Waals surface area contributed by atoms with E-state index in [0.717, 1.165) is 48.9 Å². The molecule has 0 spiro atoms. The summed E-state index contributed by atoms with van der Waals surface area (Å²) in [7, 11) is 1.85. The molecule has 1 aromatic heterocycles. The zero-order valence-electron chi connectivity index (χ0n) is 16.2. The quantitative estimate of drug-likeness (QED) is 0.361. The van der Waals surface area contributed by atoms with Gasteiger partial charge in [0.05, 0.1) is 5.69 Å². The number of carbonyl (C=O) groups excluding carboxylic acids is 1. The number of rotatable bonds is 5. The number of benzene rings is 1. The molecule has 2 aliphatic carbocycles. The highest BCUT2D eigenvalue weighted by molar-refractivity contribution is 6.04. The number of amides is 1. The van der Waals surface area contributed by atoms with E-state index < -0.39 is 5.91 Å². The Morgan fingerprint density at radius 1 is 1.43 bits per heavy atom. The lowest BCUT2D eigenvalue weighted by atomic mass is 9.81. The maximum absolute atomic E-state index is 12.4. The molecule has 6 nitrogen and oxygen atoms in total. The Hall–Kier alpha value is -3.07. The van der Waals surface area contributed by atoms with E-state index in [4.69, 9.17) is 0 Å². The minimum absolute atomic E-state index is 0.156. The van der Waals surface area contributed by atoms with Gasteiger partial charge in [0.25, 0.3) is 5.91 Å². The van der Waals surface area contributed by atoms with Crippen LogP contribution in [0.1, 0.15) is 60.9 Å². The lowest BCUT2D eigenvalue weighted by Gasteiger charge is -2.22. The first-order chi connectivity index (χ1) is 13.6. The van der Waals surface area contributed by atoms with Crippen molar-refractivity contribution in [1.82, 2.24) is 15.1 Å². The lowest BCUT2D eigenvalue weighted by molar-refractivity contribution is -0.117. The molecule has 2 aromatic rings. The zero-order valence-corrected chi connectivity index (χ0v) is 16.2. The number of fused-ring (bicyclic) bond motifs is 3. The molecule has 28 heavy (non-hydrogen) atoms. The number of hydrogen-bond acceptors (Lipinski definition) is 4. The van der Waals surface area contributed by atoms with Crippen molar-refractivity contribution >= 4 is 11.7 Å². The minimum Gasteiger partial charge on any atom is -0.504 e. The average Bonchev–Trinajstić information content (AvgIpc) is 3.21. The monoisotopic (exact) mass is 376 g/mol. The minimum atomic E-state index is -0.548. The van der Waals surface area contributed by atoms with Crippen LogP contribution in [0.2, 0.25) is 0 Å². The molecule has 1 unspecified atom stereocenters. The molecule has 0 radical (unpaired) electrons. The SMILES string of the molecule is CCCCNC(=O)C(C#N)=C(O)c1nn(C)c2c1C1CCCc3cccc-2c31. The van der Waals surface area contributed by atoms with E-state index in [1.54, 1.807) is 4.68 Å². The van der Waals surface area contributed by atoms with E-state index in [1.165, 1.54) is 11.1 Å².